The minimum atomic E-state index is -0.482. The van der Waals surface area contributed by atoms with Gasteiger partial charge >= 0.3 is 12.1 Å². The Morgan fingerprint density at radius 2 is 1.79 bits per heavy atom. The number of methoxy groups -OCH3 is 1. The molecule has 1 fully saturated rings. The zero-order valence-electron chi connectivity index (χ0n) is 22.5. The van der Waals surface area contributed by atoms with E-state index in [1.807, 2.05) is 49.9 Å². The van der Waals surface area contributed by atoms with E-state index in [4.69, 9.17) is 30.8 Å². The van der Waals surface area contributed by atoms with Gasteiger partial charge in [0.15, 0.2) is 0 Å². The van der Waals surface area contributed by atoms with Gasteiger partial charge in [0, 0.05) is 24.7 Å². The number of rotatable bonds is 8. The molecule has 4 rings (SSSR count). The van der Waals surface area contributed by atoms with Crippen LogP contribution in [0.25, 0.3) is 11.0 Å². The van der Waals surface area contributed by atoms with E-state index in [0.717, 1.165) is 56.7 Å². The van der Waals surface area contributed by atoms with E-state index >= 15 is 0 Å². The molecule has 2 heterocycles. The van der Waals surface area contributed by atoms with Crippen LogP contribution in [0.4, 0.5) is 4.79 Å². The first kappa shape index (κ1) is 27.8. The van der Waals surface area contributed by atoms with Gasteiger partial charge in [0.2, 0.25) is 0 Å². The van der Waals surface area contributed by atoms with Gasteiger partial charge in [-0.2, -0.15) is 0 Å². The van der Waals surface area contributed by atoms with E-state index in [0.29, 0.717) is 27.8 Å². The maximum atomic E-state index is 12.4. The molecule has 1 saturated heterocycles. The van der Waals surface area contributed by atoms with Crippen LogP contribution in [0.1, 0.15) is 62.6 Å². The van der Waals surface area contributed by atoms with Gasteiger partial charge in [-0.05, 0) is 88.8 Å². The summed E-state index contributed by atoms with van der Waals surface area (Å²) >= 11 is 6.00. The minimum Gasteiger partial charge on any atom is -0.486 e. The summed E-state index contributed by atoms with van der Waals surface area (Å²) in [7, 11) is 1.37. The zero-order valence-corrected chi connectivity index (χ0v) is 23.3. The Balaban J connectivity index is 1.43. The van der Waals surface area contributed by atoms with Gasteiger partial charge in [0.05, 0.1) is 18.2 Å². The molecular weight excluding hydrogens is 506 g/mol. The smallest absolute Gasteiger partial charge is 0.410 e. The maximum absolute atomic E-state index is 12.4. The van der Waals surface area contributed by atoms with Gasteiger partial charge in [0.25, 0.3) is 0 Å². The molecule has 0 aliphatic carbocycles. The first-order chi connectivity index (χ1) is 18.1. The second-order valence-corrected chi connectivity index (χ2v) is 11.1. The van der Waals surface area contributed by atoms with E-state index < -0.39 is 11.6 Å². The normalized spacial score (nSPS) is 14.5. The monoisotopic (exact) mass is 541 g/mol. The number of halogens is 1. The molecule has 1 aliphatic rings. The summed E-state index contributed by atoms with van der Waals surface area (Å²) in [6.45, 7) is 8.10. The molecule has 0 N–H and O–H groups in total. The molecule has 9 heteroatoms. The van der Waals surface area contributed by atoms with Crippen molar-refractivity contribution in [2.24, 2.45) is 5.92 Å². The molecule has 0 spiro atoms. The van der Waals surface area contributed by atoms with Gasteiger partial charge in [0.1, 0.15) is 29.3 Å². The highest BCUT2D eigenvalue weighted by atomic mass is 35.5. The predicted molar refractivity (Wildman–Crippen MR) is 147 cm³/mol. The number of fused-ring (bicyclic) bond motifs is 1. The lowest BCUT2D eigenvalue weighted by molar-refractivity contribution is 0.0180. The van der Waals surface area contributed by atoms with Crippen molar-refractivity contribution in [3.05, 3.63) is 58.9 Å². The lowest BCUT2D eigenvalue weighted by Gasteiger charge is -2.33. The van der Waals surface area contributed by atoms with Crippen LogP contribution in [0.2, 0.25) is 5.02 Å². The zero-order chi connectivity index (χ0) is 27.3. The number of piperidine rings is 1. The van der Waals surface area contributed by atoms with Gasteiger partial charge in [-0.25, -0.2) is 14.6 Å². The third-order valence-corrected chi connectivity index (χ3v) is 6.96. The number of hydrogen-bond acceptors (Lipinski definition) is 6. The molecule has 0 radical (unpaired) electrons. The Hall–Kier alpha value is -3.26. The summed E-state index contributed by atoms with van der Waals surface area (Å²) in [5, 5.41) is 0.643. The van der Waals surface area contributed by atoms with Crippen molar-refractivity contribution in [1.29, 1.82) is 0 Å². The van der Waals surface area contributed by atoms with Crippen LogP contribution in [-0.2, 0) is 22.6 Å². The molecule has 0 atom stereocenters. The molecule has 1 aliphatic heterocycles. The lowest BCUT2D eigenvalue weighted by Crippen LogP contribution is -2.41. The highest BCUT2D eigenvalue weighted by molar-refractivity contribution is 6.30. The predicted octanol–water partition coefficient (Wildman–Crippen LogP) is 6.48. The van der Waals surface area contributed by atoms with Crippen LogP contribution in [0.3, 0.4) is 0 Å². The third kappa shape index (κ3) is 6.98. The number of carbonyl (C=O) groups is 2. The molecule has 3 aromatic rings. The number of aromatic nitrogens is 2. The van der Waals surface area contributed by atoms with E-state index in [-0.39, 0.29) is 12.7 Å². The van der Waals surface area contributed by atoms with Crippen LogP contribution in [0, 0.1) is 5.92 Å². The van der Waals surface area contributed by atoms with Crippen LogP contribution in [0.15, 0.2) is 42.5 Å². The summed E-state index contributed by atoms with van der Waals surface area (Å²) < 4.78 is 18.6. The molecule has 2 aromatic carbocycles. The number of amides is 1. The number of ether oxygens (including phenoxy) is 3. The summed E-state index contributed by atoms with van der Waals surface area (Å²) in [6.07, 6.45) is 3.67. The van der Waals surface area contributed by atoms with Crippen LogP contribution in [0.5, 0.6) is 5.75 Å². The minimum absolute atomic E-state index is 0.229. The number of para-hydroxylation sites is 1. The number of hydrogen-bond donors (Lipinski definition) is 0. The summed E-state index contributed by atoms with van der Waals surface area (Å²) in [5.74, 6) is 1.56. The molecule has 1 aromatic heterocycles. The van der Waals surface area contributed by atoms with Crippen molar-refractivity contribution < 1.29 is 23.8 Å². The largest absolute Gasteiger partial charge is 0.486 e. The fourth-order valence-corrected chi connectivity index (χ4v) is 4.90. The molecular formula is C29H36ClN3O5. The Morgan fingerprint density at radius 1 is 1.08 bits per heavy atom. The molecule has 204 valence electrons. The van der Waals surface area contributed by atoms with Crippen molar-refractivity contribution in [3.8, 4) is 5.75 Å². The van der Waals surface area contributed by atoms with Crippen molar-refractivity contribution >= 4 is 34.7 Å². The maximum Gasteiger partial charge on any atom is 0.410 e. The van der Waals surface area contributed by atoms with Crippen molar-refractivity contribution in [1.82, 2.24) is 14.5 Å². The number of likely N-dealkylation sites (tertiary alicyclic amines) is 1. The van der Waals surface area contributed by atoms with E-state index in [1.54, 1.807) is 18.2 Å². The fraction of sp³-hybridized carbons (Fsp3) is 0.483. The molecule has 0 bridgehead atoms. The van der Waals surface area contributed by atoms with Gasteiger partial charge < -0.3 is 23.7 Å². The number of nitrogens with zero attached hydrogens (tertiary/aromatic N) is 3. The summed E-state index contributed by atoms with van der Waals surface area (Å²) in [6, 6.07) is 12.8. The second kappa shape index (κ2) is 12.1. The van der Waals surface area contributed by atoms with Gasteiger partial charge in [-0.1, -0.05) is 17.7 Å². The first-order valence-corrected chi connectivity index (χ1v) is 13.4. The van der Waals surface area contributed by atoms with Crippen LogP contribution >= 0.6 is 11.6 Å². The van der Waals surface area contributed by atoms with E-state index in [2.05, 4.69) is 4.57 Å². The third-order valence-electron chi connectivity index (χ3n) is 6.71. The van der Waals surface area contributed by atoms with E-state index in [1.165, 1.54) is 7.11 Å². The number of aryl methyl sites for hydroxylation is 1. The summed E-state index contributed by atoms with van der Waals surface area (Å²) in [5.41, 5.74) is 1.44. The topological polar surface area (TPSA) is 82.9 Å². The van der Waals surface area contributed by atoms with Crippen LogP contribution in [-0.4, -0.2) is 52.3 Å². The number of carbonyl (C=O) groups excluding carboxylic acids is 2. The molecule has 0 unspecified atom stereocenters. The quantitative estimate of drug-likeness (QED) is 0.303. The highest BCUT2D eigenvalue weighted by Gasteiger charge is 2.27. The van der Waals surface area contributed by atoms with Crippen molar-refractivity contribution in [2.45, 2.75) is 65.2 Å². The molecule has 0 saturated carbocycles. The van der Waals surface area contributed by atoms with E-state index in [9.17, 15) is 9.59 Å². The Bertz CT molecular complexity index is 1260. The average molecular weight is 542 g/mol. The standard InChI is InChI=1S/C29H36ClN3O5/c1-29(2,3)38-28(35)32-17-14-20(15-18-32)7-6-16-33-24-9-5-8-23(27(34)36-4)26(24)31-25(33)19-37-22-12-10-21(30)11-13-22/h5,8-13,20H,6-7,14-19H2,1-4H3. The molecule has 8 nitrogen and oxygen atoms in total. The lowest BCUT2D eigenvalue weighted by atomic mass is 9.92. The Labute approximate surface area is 228 Å². The number of benzene rings is 2. The highest BCUT2D eigenvalue weighted by Crippen LogP contribution is 2.27. The van der Waals surface area contributed by atoms with Gasteiger partial charge in [-0.3, -0.25) is 0 Å². The van der Waals surface area contributed by atoms with Gasteiger partial charge in [-0.15, -0.1) is 0 Å². The molecule has 1 amide bonds. The second-order valence-electron chi connectivity index (χ2n) is 10.6. The van der Waals surface area contributed by atoms with Crippen molar-refractivity contribution in [2.75, 3.05) is 20.2 Å². The number of esters is 1. The fourth-order valence-electron chi connectivity index (χ4n) is 4.78. The van der Waals surface area contributed by atoms with Crippen LogP contribution < -0.4 is 4.74 Å². The Morgan fingerprint density at radius 3 is 2.45 bits per heavy atom. The SMILES string of the molecule is COC(=O)c1cccc2c1nc(COc1ccc(Cl)cc1)n2CCCC1CCN(C(=O)OC(C)(C)C)CC1. The Kier molecular flexibility index (Phi) is 8.82. The first-order valence-electron chi connectivity index (χ1n) is 13.1. The average Bonchev–Trinajstić information content (AvgIpc) is 3.25. The number of imidazole rings is 1. The van der Waals surface area contributed by atoms with Crippen molar-refractivity contribution in [3.63, 3.8) is 0 Å². The summed E-state index contributed by atoms with van der Waals surface area (Å²) in [4.78, 5) is 31.4. The molecule has 38 heavy (non-hydrogen) atoms.